The first kappa shape index (κ1) is 21.5. The summed E-state index contributed by atoms with van der Waals surface area (Å²) in [6.45, 7) is 4.61. The predicted molar refractivity (Wildman–Crippen MR) is 118 cm³/mol. The molecule has 0 bridgehead atoms. The number of hydrogen-bond acceptors (Lipinski definition) is 3. The molecule has 2 amide bonds. The Balaban J connectivity index is 1.50. The van der Waals surface area contributed by atoms with E-state index in [-0.39, 0.29) is 17.6 Å². The van der Waals surface area contributed by atoms with Crippen LogP contribution in [0.25, 0.3) is 0 Å². The average molecular weight is 405 g/mol. The minimum atomic E-state index is -0.351. The summed E-state index contributed by atoms with van der Waals surface area (Å²) in [7, 11) is 0. The van der Waals surface area contributed by atoms with Crippen molar-refractivity contribution in [2.75, 3.05) is 18.4 Å². The highest BCUT2D eigenvalue weighted by molar-refractivity contribution is 6.06. The number of carbonyl (C=O) groups is 3. The van der Waals surface area contributed by atoms with Gasteiger partial charge in [-0.25, -0.2) is 0 Å². The molecule has 0 aromatic heterocycles. The monoisotopic (exact) mass is 404 g/mol. The topological polar surface area (TPSA) is 66.5 Å². The molecule has 2 aromatic carbocycles. The highest BCUT2D eigenvalue weighted by atomic mass is 16.2. The summed E-state index contributed by atoms with van der Waals surface area (Å²) in [6.07, 6.45) is 4.34. The Kier molecular flexibility index (Phi) is 7.17. The van der Waals surface area contributed by atoms with Gasteiger partial charge in [-0.15, -0.1) is 0 Å². The van der Waals surface area contributed by atoms with E-state index in [1.807, 2.05) is 11.0 Å². The molecule has 0 unspecified atom stereocenters. The van der Waals surface area contributed by atoms with E-state index in [9.17, 15) is 14.4 Å². The first-order valence-electron chi connectivity index (χ1n) is 10.4. The standard InChI is InChI=1S/C25H28N2O3/c1-18(16-24(29)26-23-10-8-22(9-11-23)19(2)28)25(30)27-14-12-21(13-15-27)17-20-6-4-3-5-7-20/h3-11,16,21H,12-15,17H2,1-2H3,(H,26,29)/b18-16-. The fourth-order valence-electron chi connectivity index (χ4n) is 3.76. The van der Waals surface area contributed by atoms with Gasteiger partial charge in [0.2, 0.25) is 11.8 Å². The molecule has 1 saturated heterocycles. The van der Waals surface area contributed by atoms with E-state index in [0.717, 1.165) is 32.4 Å². The Morgan fingerprint density at radius 2 is 1.60 bits per heavy atom. The second kappa shape index (κ2) is 10.0. The van der Waals surface area contributed by atoms with E-state index >= 15 is 0 Å². The van der Waals surface area contributed by atoms with Crippen molar-refractivity contribution in [2.45, 2.75) is 33.1 Å². The van der Waals surface area contributed by atoms with Gasteiger partial charge in [0.1, 0.15) is 0 Å². The molecule has 0 saturated carbocycles. The molecule has 0 atom stereocenters. The Labute approximate surface area is 177 Å². The summed E-state index contributed by atoms with van der Waals surface area (Å²) in [4.78, 5) is 38.1. The third-order valence-corrected chi connectivity index (χ3v) is 5.51. The molecule has 1 aliphatic rings. The summed E-state index contributed by atoms with van der Waals surface area (Å²) in [6, 6.07) is 17.1. The fraction of sp³-hybridized carbons (Fsp3) is 0.320. The summed E-state index contributed by atoms with van der Waals surface area (Å²) in [5, 5.41) is 2.73. The average Bonchev–Trinajstić information content (AvgIpc) is 2.75. The zero-order valence-corrected chi connectivity index (χ0v) is 17.6. The van der Waals surface area contributed by atoms with Crippen molar-refractivity contribution >= 4 is 23.3 Å². The molecule has 0 radical (unpaired) electrons. The highest BCUT2D eigenvalue weighted by Crippen LogP contribution is 2.22. The van der Waals surface area contributed by atoms with Crippen LogP contribution in [-0.2, 0) is 16.0 Å². The van der Waals surface area contributed by atoms with E-state index in [1.165, 1.54) is 18.6 Å². The molecule has 5 nitrogen and oxygen atoms in total. The van der Waals surface area contributed by atoms with Crippen LogP contribution in [0.4, 0.5) is 5.69 Å². The van der Waals surface area contributed by atoms with E-state index in [4.69, 9.17) is 0 Å². The Morgan fingerprint density at radius 1 is 0.967 bits per heavy atom. The van der Waals surface area contributed by atoms with Crippen LogP contribution >= 0.6 is 0 Å². The van der Waals surface area contributed by atoms with Crippen LogP contribution in [-0.4, -0.2) is 35.6 Å². The lowest BCUT2D eigenvalue weighted by molar-refractivity contribution is -0.128. The number of piperidine rings is 1. The number of likely N-dealkylation sites (tertiary alicyclic amines) is 1. The number of carbonyl (C=O) groups excluding carboxylic acids is 3. The quantitative estimate of drug-likeness (QED) is 0.578. The molecule has 1 fully saturated rings. The maximum atomic E-state index is 12.7. The molecule has 30 heavy (non-hydrogen) atoms. The van der Waals surface area contributed by atoms with Gasteiger partial charge in [0.15, 0.2) is 5.78 Å². The van der Waals surface area contributed by atoms with Crippen LogP contribution < -0.4 is 5.32 Å². The zero-order valence-electron chi connectivity index (χ0n) is 17.6. The molecule has 2 aromatic rings. The van der Waals surface area contributed by atoms with Gasteiger partial charge in [0.25, 0.3) is 0 Å². The minimum Gasteiger partial charge on any atom is -0.339 e. The first-order valence-corrected chi connectivity index (χ1v) is 10.4. The summed E-state index contributed by atoms with van der Waals surface area (Å²) in [5.74, 6) is 0.120. The second-order valence-electron chi connectivity index (χ2n) is 7.88. The van der Waals surface area contributed by atoms with Gasteiger partial charge in [-0.2, -0.15) is 0 Å². The van der Waals surface area contributed by atoms with Crippen molar-refractivity contribution < 1.29 is 14.4 Å². The molecular formula is C25H28N2O3. The minimum absolute atomic E-state index is 0.0262. The number of anilines is 1. The second-order valence-corrected chi connectivity index (χ2v) is 7.88. The molecule has 0 spiro atoms. The Bertz CT molecular complexity index is 925. The number of rotatable bonds is 6. The van der Waals surface area contributed by atoms with Crippen LogP contribution in [0.1, 0.15) is 42.6 Å². The van der Waals surface area contributed by atoms with Gasteiger partial charge in [0.05, 0.1) is 0 Å². The number of hydrogen-bond donors (Lipinski definition) is 1. The van der Waals surface area contributed by atoms with Gasteiger partial charge in [-0.3, -0.25) is 14.4 Å². The Hall–Kier alpha value is -3.21. The molecule has 156 valence electrons. The van der Waals surface area contributed by atoms with Gasteiger partial charge in [-0.1, -0.05) is 30.3 Å². The van der Waals surface area contributed by atoms with Crippen molar-refractivity contribution in [1.29, 1.82) is 0 Å². The van der Waals surface area contributed by atoms with Crippen molar-refractivity contribution in [2.24, 2.45) is 5.92 Å². The summed E-state index contributed by atoms with van der Waals surface area (Å²) < 4.78 is 0. The molecule has 1 heterocycles. The molecule has 5 heteroatoms. The lowest BCUT2D eigenvalue weighted by atomic mass is 9.90. The van der Waals surface area contributed by atoms with Crippen LogP contribution in [0.3, 0.4) is 0 Å². The van der Waals surface area contributed by atoms with E-state index < -0.39 is 0 Å². The third kappa shape index (κ3) is 5.89. The molecule has 1 N–H and O–H groups in total. The highest BCUT2D eigenvalue weighted by Gasteiger charge is 2.24. The first-order chi connectivity index (χ1) is 14.4. The van der Waals surface area contributed by atoms with Crippen LogP contribution in [0, 0.1) is 5.92 Å². The van der Waals surface area contributed by atoms with Crippen molar-refractivity contribution in [3.05, 3.63) is 77.4 Å². The van der Waals surface area contributed by atoms with E-state index in [2.05, 4.69) is 29.6 Å². The maximum absolute atomic E-state index is 12.7. The SMILES string of the molecule is CC(=O)c1ccc(NC(=O)/C=C(/C)C(=O)N2CCC(Cc3ccccc3)CC2)cc1. The van der Waals surface area contributed by atoms with Crippen LogP contribution in [0.5, 0.6) is 0 Å². The zero-order chi connectivity index (χ0) is 21.5. The van der Waals surface area contributed by atoms with Gasteiger partial charge >= 0.3 is 0 Å². The maximum Gasteiger partial charge on any atom is 0.249 e. The number of ketones is 1. The summed E-state index contributed by atoms with van der Waals surface area (Å²) in [5.41, 5.74) is 2.94. The normalized spacial score (nSPS) is 15.0. The number of benzene rings is 2. The van der Waals surface area contributed by atoms with E-state index in [1.54, 1.807) is 31.2 Å². The molecule has 1 aliphatic heterocycles. The molecular weight excluding hydrogens is 376 g/mol. The number of nitrogens with one attached hydrogen (secondary N) is 1. The molecule has 3 rings (SSSR count). The van der Waals surface area contributed by atoms with Crippen LogP contribution in [0.2, 0.25) is 0 Å². The summed E-state index contributed by atoms with van der Waals surface area (Å²) >= 11 is 0. The van der Waals surface area contributed by atoms with Gasteiger partial charge < -0.3 is 10.2 Å². The van der Waals surface area contributed by atoms with Crippen molar-refractivity contribution in [3.8, 4) is 0 Å². The lowest BCUT2D eigenvalue weighted by Gasteiger charge is -2.32. The third-order valence-electron chi connectivity index (χ3n) is 5.51. The predicted octanol–water partition coefficient (Wildman–Crippen LogP) is 4.26. The van der Waals surface area contributed by atoms with Crippen molar-refractivity contribution in [1.82, 2.24) is 4.90 Å². The Morgan fingerprint density at radius 3 is 2.20 bits per heavy atom. The van der Waals surface area contributed by atoms with Gasteiger partial charge in [-0.05, 0) is 68.9 Å². The van der Waals surface area contributed by atoms with Crippen molar-refractivity contribution in [3.63, 3.8) is 0 Å². The molecule has 0 aliphatic carbocycles. The van der Waals surface area contributed by atoms with Crippen LogP contribution in [0.15, 0.2) is 66.2 Å². The van der Waals surface area contributed by atoms with Gasteiger partial charge in [0, 0.05) is 36.0 Å². The number of amides is 2. The largest absolute Gasteiger partial charge is 0.339 e. The fourth-order valence-corrected chi connectivity index (χ4v) is 3.76. The van der Waals surface area contributed by atoms with E-state index in [0.29, 0.717) is 22.7 Å². The number of nitrogens with zero attached hydrogens (tertiary/aromatic N) is 1. The lowest BCUT2D eigenvalue weighted by Crippen LogP contribution is -2.39. The number of Topliss-reactive ketones (excluding diaryl/α,β-unsaturated/α-hetero) is 1. The smallest absolute Gasteiger partial charge is 0.249 e.